The summed E-state index contributed by atoms with van der Waals surface area (Å²) in [5.74, 6) is -0.200. The molecule has 0 aliphatic rings. The Balaban J connectivity index is 1.93. The molecule has 0 saturated heterocycles. The summed E-state index contributed by atoms with van der Waals surface area (Å²) in [4.78, 5) is 24.9. The molecule has 156 valence electrons. The van der Waals surface area contributed by atoms with Gasteiger partial charge in [0.25, 0.3) is 5.91 Å². The average molecular weight is 527 g/mol. The number of fused-ring (bicyclic) bond motifs is 1. The van der Waals surface area contributed by atoms with Gasteiger partial charge in [-0.25, -0.2) is 4.39 Å². The van der Waals surface area contributed by atoms with E-state index in [-0.39, 0.29) is 17.5 Å². The second-order valence-electron chi connectivity index (χ2n) is 7.19. The topological polar surface area (TPSA) is 59.3 Å². The summed E-state index contributed by atoms with van der Waals surface area (Å²) in [6, 6.07) is 17.1. The normalized spacial score (nSPS) is 11.0. The molecule has 0 saturated carbocycles. The van der Waals surface area contributed by atoms with Gasteiger partial charge in [0, 0.05) is 23.6 Å². The first-order chi connectivity index (χ1) is 14.9. The monoisotopic (exact) mass is 527 g/mol. The lowest BCUT2D eigenvalue weighted by atomic mass is 9.95. The van der Waals surface area contributed by atoms with Crippen LogP contribution in [0, 0.1) is 12.7 Å². The van der Waals surface area contributed by atoms with Gasteiger partial charge in [-0.3, -0.25) is 9.59 Å². The van der Waals surface area contributed by atoms with Crippen molar-refractivity contribution in [2.24, 2.45) is 0 Å². The molecule has 1 N–H and O–H groups in total. The number of alkyl halides is 1. The zero-order valence-corrected chi connectivity index (χ0v) is 19.1. The largest absolute Gasteiger partial charge is 0.455 e. The van der Waals surface area contributed by atoms with Gasteiger partial charge in [-0.1, -0.05) is 40.8 Å². The molecule has 0 radical (unpaired) electrons. The minimum Gasteiger partial charge on any atom is -0.455 e. The fourth-order valence-electron chi connectivity index (χ4n) is 3.60. The number of Topliss-reactive ketones (excluding diaryl/α,β-unsaturated/α-hetero) is 1. The quantitative estimate of drug-likeness (QED) is 0.191. The Hall–Kier alpha value is -3.00. The summed E-state index contributed by atoms with van der Waals surface area (Å²) in [6.45, 7) is 1.98. The van der Waals surface area contributed by atoms with Crippen LogP contribution in [0.2, 0.25) is 0 Å². The molecular weight excluding hydrogens is 508 g/mol. The Labute approximate surface area is 192 Å². The Bertz CT molecular complexity index is 1310. The second-order valence-corrected chi connectivity index (χ2v) is 7.95. The van der Waals surface area contributed by atoms with Gasteiger partial charge in [-0.05, 0) is 66.1 Å². The Morgan fingerprint density at radius 2 is 1.71 bits per heavy atom. The van der Waals surface area contributed by atoms with Crippen LogP contribution in [0.4, 0.5) is 4.39 Å². The number of furan rings is 1. The maximum absolute atomic E-state index is 13.4. The number of carbonyl (C=O) groups excluding carboxylic acids is 2. The summed E-state index contributed by atoms with van der Waals surface area (Å²) in [5, 5.41) is 3.32. The number of ketones is 1. The van der Waals surface area contributed by atoms with Gasteiger partial charge in [-0.15, -0.1) is 0 Å². The lowest BCUT2D eigenvalue weighted by molar-refractivity contribution is 0.0963. The van der Waals surface area contributed by atoms with Crippen molar-refractivity contribution in [2.45, 2.75) is 6.92 Å². The van der Waals surface area contributed by atoms with Gasteiger partial charge in [0.05, 0.1) is 9.99 Å². The molecule has 6 heteroatoms. The van der Waals surface area contributed by atoms with Gasteiger partial charge < -0.3 is 9.73 Å². The van der Waals surface area contributed by atoms with Gasteiger partial charge in [0.1, 0.15) is 17.2 Å². The molecule has 0 unspecified atom stereocenters. The first-order valence-electron chi connectivity index (χ1n) is 9.67. The summed E-state index contributed by atoms with van der Waals surface area (Å²) >= 11 is 2.06. The molecule has 3 aromatic carbocycles. The highest BCUT2D eigenvalue weighted by molar-refractivity contribution is 14.1. The number of aryl methyl sites for hydroxylation is 1. The van der Waals surface area contributed by atoms with E-state index in [0.717, 1.165) is 16.7 Å². The third-order valence-electron chi connectivity index (χ3n) is 5.24. The lowest BCUT2D eigenvalue weighted by Gasteiger charge is -2.09. The molecule has 0 fully saturated rings. The summed E-state index contributed by atoms with van der Waals surface area (Å²) < 4.78 is 19.8. The van der Waals surface area contributed by atoms with E-state index in [1.807, 2.05) is 43.3 Å². The number of hydrogen-bond donors (Lipinski definition) is 1. The second kappa shape index (κ2) is 8.63. The van der Waals surface area contributed by atoms with E-state index < -0.39 is 0 Å². The van der Waals surface area contributed by atoms with Crippen LogP contribution < -0.4 is 5.32 Å². The van der Waals surface area contributed by atoms with Crippen LogP contribution in [0.1, 0.15) is 26.3 Å². The van der Waals surface area contributed by atoms with Crippen LogP contribution in [0.5, 0.6) is 0 Å². The highest BCUT2D eigenvalue weighted by Gasteiger charge is 2.22. The zero-order chi connectivity index (χ0) is 22.1. The molecule has 4 nitrogen and oxygen atoms in total. The lowest BCUT2D eigenvalue weighted by Crippen LogP contribution is -2.18. The molecule has 1 aromatic heterocycles. The number of rotatable bonds is 5. The standard InChI is InChI=1S/C25H19FINO3/c1-14-3-4-17(21(29)13-27)12-19(14)16-7-10-22-20(11-16)23(25(30)28-2)24(31-22)15-5-8-18(26)9-6-15/h3-12H,13H2,1-2H3,(H,28,30). The van der Waals surface area contributed by atoms with Crippen molar-refractivity contribution in [2.75, 3.05) is 11.5 Å². The molecular formula is C25H19FINO3. The van der Waals surface area contributed by atoms with E-state index in [9.17, 15) is 14.0 Å². The van der Waals surface area contributed by atoms with Crippen molar-refractivity contribution >= 4 is 45.3 Å². The third kappa shape index (κ3) is 3.99. The number of nitrogens with one attached hydrogen (secondary N) is 1. The number of hydrogen-bond acceptors (Lipinski definition) is 3. The number of benzene rings is 3. The molecule has 1 heterocycles. The van der Waals surface area contributed by atoms with Gasteiger partial charge in [0.15, 0.2) is 5.78 Å². The van der Waals surface area contributed by atoms with Crippen molar-refractivity contribution in [3.8, 4) is 22.5 Å². The molecule has 0 bridgehead atoms. The van der Waals surface area contributed by atoms with E-state index >= 15 is 0 Å². The minimum atomic E-state index is -0.361. The Morgan fingerprint density at radius 3 is 2.39 bits per heavy atom. The average Bonchev–Trinajstić information content (AvgIpc) is 3.17. The van der Waals surface area contributed by atoms with Crippen LogP contribution in [0.25, 0.3) is 33.4 Å². The summed E-state index contributed by atoms with van der Waals surface area (Å²) in [6.07, 6.45) is 0. The molecule has 1 amide bonds. The first-order valence-corrected chi connectivity index (χ1v) is 11.2. The van der Waals surface area contributed by atoms with E-state index in [2.05, 4.69) is 27.9 Å². The smallest absolute Gasteiger partial charge is 0.255 e. The molecule has 4 rings (SSSR count). The van der Waals surface area contributed by atoms with Gasteiger partial charge >= 0.3 is 0 Å². The van der Waals surface area contributed by atoms with E-state index in [1.54, 1.807) is 19.2 Å². The molecule has 4 aromatic rings. The first kappa shape index (κ1) is 21.2. The summed E-state index contributed by atoms with van der Waals surface area (Å²) in [5.41, 5.74) is 5.04. The number of halogens is 2. The van der Waals surface area contributed by atoms with Crippen molar-refractivity contribution in [3.05, 3.63) is 83.2 Å². The van der Waals surface area contributed by atoms with Crippen molar-refractivity contribution in [1.82, 2.24) is 5.32 Å². The highest BCUT2D eigenvalue weighted by Crippen LogP contribution is 2.37. The van der Waals surface area contributed by atoms with Gasteiger partial charge in [0.2, 0.25) is 0 Å². The zero-order valence-electron chi connectivity index (χ0n) is 17.0. The van der Waals surface area contributed by atoms with Crippen LogP contribution in [0.3, 0.4) is 0 Å². The SMILES string of the molecule is CNC(=O)c1c(-c2ccc(F)cc2)oc2ccc(-c3cc(C(=O)CI)ccc3C)cc12. The molecule has 0 aliphatic carbocycles. The maximum Gasteiger partial charge on any atom is 0.255 e. The van der Waals surface area contributed by atoms with E-state index in [0.29, 0.717) is 37.8 Å². The van der Waals surface area contributed by atoms with Crippen LogP contribution in [-0.2, 0) is 0 Å². The van der Waals surface area contributed by atoms with Crippen LogP contribution in [0.15, 0.2) is 65.1 Å². The highest BCUT2D eigenvalue weighted by atomic mass is 127. The fraction of sp³-hybridized carbons (Fsp3) is 0.120. The van der Waals surface area contributed by atoms with E-state index in [4.69, 9.17) is 4.42 Å². The van der Waals surface area contributed by atoms with Crippen molar-refractivity contribution in [1.29, 1.82) is 0 Å². The van der Waals surface area contributed by atoms with Crippen LogP contribution in [-0.4, -0.2) is 23.2 Å². The number of amides is 1. The summed E-state index contributed by atoms with van der Waals surface area (Å²) in [7, 11) is 1.56. The predicted octanol–water partition coefficient (Wildman–Crippen LogP) is 6.19. The maximum atomic E-state index is 13.4. The molecule has 31 heavy (non-hydrogen) atoms. The number of carbonyl (C=O) groups is 2. The molecule has 0 atom stereocenters. The van der Waals surface area contributed by atoms with Crippen molar-refractivity contribution in [3.63, 3.8) is 0 Å². The Kier molecular flexibility index (Phi) is 5.91. The third-order valence-corrected chi connectivity index (χ3v) is 5.93. The molecule has 0 aliphatic heterocycles. The Morgan fingerprint density at radius 1 is 1.00 bits per heavy atom. The predicted molar refractivity (Wildman–Crippen MR) is 128 cm³/mol. The van der Waals surface area contributed by atoms with Crippen LogP contribution >= 0.6 is 22.6 Å². The minimum absolute atomic E-state index is 0.0656. The van der Waals surface area contributed by atoms with Gasteiger partial charge in [-0.2, -0.15) is 0 Å². The van der Waals surface area contributed by atoms with E-state index in [1.165, 1.54) is 12.1 Å². The fourth-order valence-corrected chi connectivity index (χ4v) is 4.04. The van der Waals surface area contributed by atoms with Crippen molar-refractivity contribution < 1.29 is 18.4 Å². The molecule has 0 spiro atoms.